The molecule has 0 fully saturated rings. The van der Waals surface area contributed by atoms with Crippen LogP contribution in [0.3, 0.4) is 0 Å². The second-order valence-electron chi connectivity index (χ2n) is 2.27. The van der Waals surface area contributed by atoms with Gasteiger partial charge in [0.15, 0.2) is 5.78 Å². The molecule has 0 aromatic rings. The maximum Gasteiger partial charge on any atom is 0.389 e. The summed E-state index contributed by atoms with van der Waals surface area (Å²) in [5.74, 6) is -0.380. The first-order valence-corrected chi connectivity index (χ1v) is 3.08. The van der Waals surface area contributed by atoms with Crippen molar-refractivity contribution in [1.82, 2.24) is 0 Å². The van der Waals surface area contributed by atoms with E-state index in [1.165, 1.54) is 6.92 Å². The summed E-state index contributed by atoms with van der Waals surface area (Å²) >= 11 is 0. The van der Waals surface area contributed by atoms with Gasteiger partial charge in [-0.2, -0.15) is 13.2 Å². The average molecular weight is 166 g/mol. The zero-order valence-corrected chi connectivity index (χ0v) is 6.16. The first kappa shape index (κ1) is 10.2. The highest BCUT2D eigenvalue weighted by Gasteiger charge is 2.26. The molecule has 0 heterocycles. The molecule has 0 bridgehead atoms. The van der Waals surface area contributed by atoms with Crippen LogP contribution in [0.15, 0.2) is 12.2 Å². The van der Waals surface area contributed by atoms with Crippen molar-refractivity contribution >= 4 is 5.78 Å². The maximum atomic E-state index is 11.5. The zero-order chi connectivity index (χ0) is 9.07. The third-order valence-corrected chi connectivity index (χ3v) is 1.21. The molecule has 0 atom stereocenters. The summed E-state index contributed by atoms with van der Waals surface area (Å²) < 4.78 is 34.6. The van der Waals surface area contributed by atoms with Gasteiger partial charge in [-0.1, -0.05) is 6.58 Å². The summed E-state index contributed by atoms with van der Waals surface area (Å²) in [6.45, 7) is 4.41. The number of hydrogen-bond acceptors (Lipinski definition) is 1. The lowest BCUT2D eigenvalue weighted by atomic mass is 10.1. The molecule has 0 N–H and O–H groups in total. The Balaban J connectivity index is 3.73. The Labute approximate surface area is 62.9 Å². The van der Waals surface area contributed by atoms with E-state index >= 15 is 0 Å². The van der Waals surface area contributed by atoms with Crippen molar-refractivity contribution in [3.8, 4) is 0 Å². The van der Waals surface area contributed by atoms with Crippen molar-refractivity contribution in [2.24, 2.45) is 0 Å². The van der Waals surface area contributed by atoms with Gasteiger partial charge in [0.05, 0.1) is 0 Å². The van der Waals surface area contributed by atoms with Gasteiger partial charge in [-0.25, -0.2) is 0 Å². The molecule has 0 rings (SSSR count). The van der Waals surface area contributed by atoms with Gasteiger partial charge in [-0.15, -0.1) is 0 Å². The Morgan fingerprint density at radius 3 is 2.18 bits per heavy atom. The number of alkyl halides is 3. The molecular formula is C7H9F3O. The number of halogens is 3. The number of carbonyl (C=O) groups excluding carboxylic acids is 1. The molecule has 11 heavy (non-hydrogen) atoms. The minimum absolute atomic E-state index is 0.0299. The number of allylic oxidation sites excluding steroid dienone is 1. The fourth-order valence-corrected chi connectivity index (χ4v) is 0.469. The van der Waals surface area contributed by atoms with Crippen molar-refractivity contribution in [2.75, 3.05) is 0 Å². The fourth-order valence-electron chi connectivity index (χ4n) is 0.469. The lowest BCUT2D eigenvalue weighted by Gasteiger charge is -2.05. The molecule has 0 unspecified atom stereocenters. The van der Waals surface area contributed by atoms with Crippen LogP contribution in [0, 0.1) is 0 Å². The van der Waals surface area contributed by atoms with Gasteiger partial charge in [0, 0.05) is 6.42 Å². The van der Waals surface area contributed by atoms with Crippen LogP contribution in [-0.2, 0) is 4.79 Å². The van der Waals surface area contributed by atoms with Gasteiger partial charge in [0.2, 0.25) is 0 Å². The molecule has 0 aromatic carbocycles. The van der Waals surface area contributed by atoms with Gasteiger partial charge in [0.25, 0.3) is 0 Å². The summed E-state index contributed by atoms with van der Waals surface area (Å²) in [6.07, 6.45) is -5.46. The number of rotatable bonds is 3. The Bertz CT molecular complexity index is 169. The topological polar surface area (TPSA) is 17.1 Å². The van der Waals surface area contributed by atoms with E-state index in [0.29, 0.717) is 0 Å². The molecule has 0 saturated heterocycles. The van der Waals surface area contributed by atoms with Gasteiger partial charge < -0.3 is 0 Å². The van der Waals surface area contributed by atoms with E-state index < -0.39 is 12.6 Å². The standard InChI is InChI=1S/C7H9F3O/c1-5(6(2)11)3-4-7(8,9)10/h1,3-4H2,2H3. The van der Waals surface area contributed by atoms with Crippen LogP contribution in [-0.4, -0.2) is 12.0 Å². The molecule has 0 aliphatic carbocycles. The number of Topliss-reactive ketones (excluding diaryl/α,β-unsaturated/α-hetero) is 1. The monoisotopic (exact) mass is 166 g/mol. The van der Waals surface area contributed by atoms with Crippen LogP contribution in [0.4, 0.5) is 13.2 Å². The van der Waals surface area contributed by atoms with Gasteiger partial charge >= 0.3 is 6.18 Å². The minimum atomic E-state index is -4.20. The molecule has 0 saturated carbocycles. The van der Waals surface area contributed by atoms with Gasteiger partial charge in [-0.3, -0.25) is 4.79 Å². The highest BCUT2D eigenvalue weighted by atomic mass is 19.4. The Kier molecular flexibility index (Phi) is 3.29. The van der Waals surface area contributed by atoms with E-state index in [-0.39, 0.29) is 17.8 Å². The largest absolute Gasteiger partial charge is 0.389 e. The molecule has 0 radical (unpaired) electrons. The van der Waals surface area contributed by atoms with Gasteiger partial charge in [0.1, 0.15) is 0 Å². The van der Waals surface area contributed by atoms with E-state index in [9.17, 15) is 18.0 Å². The van der Waals surface area contributed by atoms with Crippen LogP contribution in [0.5, 0.6) is 0 Å². The Morgan fingerprint density at radius 2 is 1.91 bits per heavy atom. The summed E-state index contributed by atoms with van der Waals surface area (Å²) in [5.41, 5.74) is 0.0299. The van der Waals surface area contributed by atoms with Crippen LogP contribution < -0.4 is 0 Å². The van der Waals surface area contributed by atoms with Crippen LogP contribution in [0.25, 0.3) is 0 Å². The highest BCUT2D eigenvalue weighted by Crippen LogP contribution is 2.23. The minimum Gasteiger partial charge on any atom is -0.295 e. The molecule has 0 spiro atoms. The smallest absolute Gasteiger partial charge is 0.295 e. The summed E-state index contributed by atoms with van der Waals surface area (Å²) in [7, 11) is 0. The molecule has 1 nitrogen and oxygen atoms in total. The van der Waals surface area contributed by atoms with E-state index in [1.807, 2.05) is 0 Å². The number of carbonyl (C=O) groups is 1. The van der Waals surface area contributed by atoms with Crippen molar-refractivity contribution in [3.63, 3.8) is 0 Å². The fraction of sp³-hybridized carbons (Fsp3) is 0.571. The van der Waals surface area contributed by atoms with Gasteiger partial charge in [-0.05, 0) is 18.9 Å². The molecule has 0 amide bonds. The van der Waals surface area contributed by atoms with E-state index in [2.05, 4.69) is 6.58 Å². The molecule has 64 valence electrons. The van der Waals surface area contributed by atoms with Crippen LogP contribution in [0.2, 0.25) is 0 Å². The third-order valence-electron chi connectivity index (χ3n) is 1.21. The van der Waals surface area contributed by atoms with Crippen LogP contribution >= 0.6 is 0 Å². The maximum absolute atomic E-state index is 11.5. The van der Waals surface area contributed by atoms with E-state index in [0.717, 1.165) is 0 Å². The zero-order valence-electron chi connectivity index (χ0n) is 6.16. The average Bonchev–Trinajstić information content (AvgIpc) is 1.80. The van der Waals surface area contributed by atoms with Crippen molar-refractivity contribution in [3.05, 3.63) is 12.2 Å². The first-order valence-electron chi connectivity index (χ1n) is 3.08. The summed E-state index contributed by atoms with van der Waals surface area (Å²) in [5, 5.41) is 0. The van der Waals surface area contributed by atoms with Crippen molar-refractivity contribution in [1.29, 1.82) is 0 Å². The second kappa shape index (κ2) is 3.55. The number of hydrogen-bond donors (Lipinski definition) is 0. The SMILES string of the molecule is C=C(CCC(F)(F)F)C(C)=O. The molecule has 0 aromatic heterocycles. The first-order chi connectivity index (χ1) is 4.83. The lowest BCUT2D eigenvalue weighted by Crippen LogP contribution is -2.08. The predicted molar refractivity (Wildman–Crippen MR) is 35.1 cm³/mol. The third kappa shape index (κ3) is 5.63. The Morgan fingerprint density at radius 1 is 1.45 bits per heavy atom. The molecular weight excluding hydrogens is 157 g/mol. The number of ketones is 1. The lowest BCUT2D eigenvalue weighted by molar-refractivity contribution is -0.134. The van der Waals surface area contributed by atoms with E-state index in [1.54, 1.807) is 0 Å². The second-order valence-corrected chi connectivity index (χ2v) is 2.27. The Hall–Kier alpha value is -0.800. The molecule has 0 aliphatic heterocycles. The predicted octanol–water partition coefficient (Wildman–Crippen LogP) is 2.47. The highest BCUT2D eigenvalue weighted by molar-refractivity contribution is 5.92. The van der Waals surface area contributed by atoms with E-state index in [4.69, 9.17) is 0 Å². The van der Waals surface area contributed by atoms with Crippen molar-refractivity contribution < 1.29 is 18.0 Å². The van der Waals surface area contributed by atoms with Crippen molar-refractivity contribution in [2.45, 2.75) is 25.9 Å². The summed E-state index contributed by atoms with van der Waals surface area (Å²) in [6, 6.07) is 0. The normalized spacial score (nSPS) is 11.3. The summed E-state index contributed by atoms with van der Waals surface area (Å²) in [4.78, 5) is 10.4. The van der Waals surface area contributed by atoms with Crippen LogP contribution in [0.1, 0.15) is 19.8 Å². The quantitative estimate of drug-likeness (QED) is 0.588. The molecule has 0 aliphatic rings. The molecule has 4 heteroatoms.